The summed E-state index contributed by atoms with van der Waals surface area (Å²) < 4.78 is 5.75. The van der Waals surface area contributed by atoms with Crippen molar-refractivity contribution in [1.82, 2.24) is 9.97 Å². The molecule has 0 radical (unpaired) electrons. The maximum Gasteiger partial charge on any atom is 0.296 e. The van der Waals surface area contributed by atoms with Gasteiger partial charge in [0.1, 0.15) is 5.58 Å². The van der Waals surface area contributed by atoms with E-state index >= 15 is 0 Å². The van der Waals surface area contributed by atoms with E-state index in [1.165, 1.54) is 4.90 Å². The second kappa shape index (κ2) is 7.20. The normalized spacial score (nSPS) is 16.3. The predicted molar refractivity (Wildman–Crippen MR) is 123 cm³/mol. The average Bonchev–Trinajstić information content (AvgIpc) is 3.53. The molecule has 5 aromatic rings. The number of furan rings is 1. The Morgan fingerprint density at radius 2 is 1.70 bits per heavy atom. The first kappa shape index (κ1) is 19.1. The lowest BCUT2D eigenvalue weighted by molar-refractivity contribution is -0.117. The summed E-state index contributed by atoms with van der Waals surface area (Å²) in [5, 5.41) is 11.6. The molecule has 1 amide bonds. The molecule has 0 spiro atoms. The summed E-state index contributed by atoms with van der Waals surface area (Å²) in [6.07, 6.45) is 0. The summed E-state index contributed by atoms with van der Waals surface area (Å²) in [6.45, 7) is 0. The number of aromatic amines is 1. The lowest BCUT2D eigenvalue weighted by atomic mass is 9.95. The third kappa shape index (κ3) is 2.94. The Labute approximate surface area is 187 Å². The highest BCUT2D eigenvalue weighted by atomic mass is 16.3. The van der Waals surface area contributed by atoms with Crippen LogP contribution in [0.5, 0.6) is 0 Å². The van der Waals surface area contributed by atoms with E-state index in [0.29, 0.717) is 16.7 Å². The van der Waals surface area contributed by atoms with Crippen LogP contribution in [-0.4, -0.2) is 26.8 Å². The van der Waals surface area contributed by atoms with Crippen molar-refractivity contribution in [2.45, 2.75) is 6.04 Å². The first-order valence-corrected chi connectivity index (χ1v) is 10.4. The monoisotopic (exact) mass is 435 g/mol. The molecule has 33 heavy (non-hydrogen) atoms. The molecule has 0 bridgehead atoms. The third-order valence-electron chi connectivity index (χ3n) is 5.82. The number of hydrogen-bond acceptors (Lipinski definition) is 5. The Kier molecular flexibility index (Phi) is 4.16. The SMILES string of the molecule is O=C(C1=C(O)C(=O)N(c2nc3ccccc3[nH]2)C1c1ccccc1)c1cc2ccccc2o1. The largest absolute Gasteiger partial charge is 0.503 e. The third-order valence-corrected chi connectivity index (χ3v) is 5.82. The zero-order valence-corrected chi connectivity index (χ0v) is 17.2. The Morgan fingerprint density at radius 1 is 0.970 bits per heavy atom. The van der Waals surface area contributed by atoms with Gasteiger partial charge in [0.05, 0.1) is 22.6 Å². The van der Waals surface area contributed by atoms with Crippen LogP contribution in [0.1, 0.15) is 22.2 Å². The minimum absolute atomic E-state index is 0.0503. The van der Waals surface area contributed by atoms with Crippen LogP contribution < -0.4 is 4.90 Å². The minimum Gasteiger partial charge on any atom is -0.503 e. The highest BCUT2D eigenvalue weighted by Crippen LogP contribution is 2.41. The highest BCUT2D eigenvalue weighted by molar-refractivity contribution is 6.20. The van der Waals surface area contributed by atoms with Gasteiger partial charge in [-0.05, 0) is 29.8 Å². The van der Waals surface area contributed by atoms with Crippen LogP contribution in [0.3, 0.4) is 0 Å². The number of hydrogen-bond donors (Lipinski definition) is 2. The van der Waals surface area contributed by atoms with E-state index in [1.54, 1.807) is 24.3 Å². The fraction of sp³-hybridized carbons (Fsp3) is 0.0385. The lowest BCUT2D eigenvalue weighted by Gasteiger charge is -2.24. The second-order valence-corrected chi connectivity index (χ2v) is 7.81. The van der Waals surface area contributed by atoms with Crippen molar-refractivity contribution in [3.05, 3.63) is 108 Å². The maximum atomic E-state index is 13.6. The molecule has 0 aliphatic carbocycles. The van der Waals surface area contributed by atoms with Gasteiger partial charge >= 0.3 is 0 Å². The molecule has 1 aliphatic heterocycles. The van der Waals surface area contributed by atoms with Crippen LogP contribution >= 0.6 is 0 Å². The van der Waals surface area contributed by atoms with Gasteiger partial charge in [-0.2, -0.15) is 0 Å². The lowest BCUT2D eigenvalue weighted by Crippen LogP contribution is -2.31. The molecular weight excluding hydrogens is 418 g/mol. The number of benzene rings is 3. The number of carbonyl (C=O) groups excluding carboxylic acids is 2. The van der Waals surface area contributed by atoms with Crippen LogP contribution in [0, 0.1) is 0 Å². The molecule has 2 aromatic heterocycles. The van der Waals surface area contributed by atoms with E-state index in [1.807, 2.05) is 60.7 Å². The molecule has 7 heteroatoms. The molecule has 0 fully saturated rings. The van der Waals surface area contributed by atoms with Crippen molar-refractivity contribution in [3.8, 4) is 0 Å². The summed E-state index contributed by atoms with van der Waals surface area (Å²) in [7, 11) is 0. The van der Waals surface area contributed by atoms with Crippen LogP contribution in [-0.2, 0) is 4.79 Å². The molecular formula is C26H17N3O4. The van der Waals surface area contributed by atoms with Gasteiger partial charge in [0.2, 0.25) is 11.7 Å². The number of imidazole rings is 1. The van der Waals surface area contributed by atoms with Crippen LogP contribution in [0.4, 0.5) is 5.95 Å². The Bertz CT molecular complexity index is 1510. The number of nitrogens with one attached hydrogen (secondary N) is 1. The molecule has 160 valence electrons. The van der Waals surface area contributed by atoms with Gasteiger partial charge in [0.25, 0.3) is 5.91 Å². The molecule has 1 atom stereocenters. The number of aromatic nitrogens is 2. The first-order chi connectivity index (χ1) is 16.1. The number of rotatable bonds is 4. The van der Waals surface area contributed by atoms with Crippen molar-refractivity contribution in [1.29, 1.82) is 0 Å². The summed E-state index contributed by atoms with van der Waals surface area (Å²) in [6, 6.07) is 24.4. The van der Waals surface area contributed by atoms with Gasteiger partial charge in [0.15, 0.2) is 11.5 Å². The van der Waals surface area contributed by atoms with Crippen molar-refractivity contribution >= 4 is 39.6 Å². The van der Waals surface area contributed by atoms with E-state index in [2.05, 4.69) is 9.97 Å². The van der Waals surface area contributed by atoms with Crippen molar-refractivity contribution in [2.75, 3.05) is 4.90 Å². The molecule has 2 N–H and O–H groups in total. The van der Waals surface area contributed by atoms with Crippen molar-refractivity contribution in [3.63, 3.8) is 0 Å². The summed E-state index contributed by atoms with van der Waals surface area (Å²) in [5.74, 6) is -1.58. The van der Waals surface area contributed by atoms with E-state index in [0.717, 1.165) is 10.9 Å². The van der Waals surface area contributed by atoms with Crippen LogP contribution in [0.25, 0.3) is 22.0 Å². The molecule has 1 aliphatic rings. The smallest absolute Gasteiger partial charge is 0.296 e. The molecule has 0 saturated carbocycles. The zero-order valence-electron chi connectivity index (χ0n) is 17.2. The molecule has 7 nitrogen and oxygen atoms in total. The first-order valence-electron chi connectivity index (χ1n) is 10.4. The van der Waals surface area contributed by atoms with E-state index in [-0.39, 0.29) is 17.3 Å². The minimum atomic E-state index is -0.875. The number of carbonyl (C=O) groups is 2. The zero-order chi connectivity index (χ0) is 22.5. The topological polar surface area (TPSA) is 99.4 Å². The summed E-state index contributed by atoms with van der Waals surface area (Å²) >= 11 is 0. The number of ketones is 1. The number of Topliss-reactive ketones (excluding diaryl/α,β-unsaturated/α-hetero) is 1. The fourth-order valence-electron chi connectivity index (χ4n) is 4.29. The number of amides is 1. The molecule has 1 unspecified atom stereocenters. The Balaban J connectivity index is 1.51. The number of fused-ring (bicyclic) bond motifs is 2. The Morgan fingerprint density at radius 3 is 2.48 bits per heavy atom. The van der Waals surface area contributed by atoms with Gasteiger partial charge in [-0.15, -0.1) is 0 Å². The number of aliphatic hydroxyl groups is 1. The number of anilines is 1. The van der Waals surface area contributed by atoms with Crippen molar-refractivity contribution < 1.29 is 19.1 Å². The predicted octanol–water partition coefficient (Wildman–Crippen LogP) is 5.09. The average molecular weight is 435 g/mol. The molecule has 3 aromatic carbocycles. The summed E-state index contributed by atoms with van der Waals surface area (Å²) in [5.41, 5.74) is 2.57. The Hall–Kier alpha value is -4.65. The van der Waals surface area contributed by atoms with Crippen molar-refractivity contribution in [2.24, 2.45) is 0 Å². The van der Waals surface area contributed by atoms with E-state index in [4.69, 9.17) is 4.42 Å². The summed E-state index contributed by atoms with van der Waals surface area (Å²) in [4.78, 5) is 35.8. The fourth-order valence-corrected chi connectivity index (χ4v) is 4.29. The van der Waals surface area contributed by atoms with Gasteiger partial charge in [0, 0.05) is 5.39 Å². The quantitative estimate of drug-likeness (QED) is 0.383. The van der Waals surface area contributed by atoms with Crippen LogP contribution in [0.15, 0.2) is 101 Å². The van der Waals surface area contributed by atoms with Gasteiger partial charge in [-0.25, -0.2) is 4.98 Å². The van der Waals surface area contributed by atoms with Crippen LogP contribution in [0.2, 0.25) is 0 Å². The highest BCUT2D eigenvalue weighted by Gasteiger charge is 2.46. The molecule has 3 heterocycles. The number of H-pyrrole nitrogens is 1. The second-order valence-electron chi connectivity index (χ2n) is 7.81. The maximum absolute atomic E-state index is 13.6. The molecule has 6 rings (SSSR count). The van der Waals surface area contributed by atoms with E-state index < -0.39 is 23.5 Å². The van der Waals surface area contributed by atoms with Gasteiger partial charge in [-0.1, -0.05) is 60.7 Å². The number of para-hydroxylation sites is 3. The number of aliphatic hydroxyl groups excluding tert-OH is 1. The van der Waals surface area contributed by atoms with E-state index in [9.17, 15) is 14.7 Å². The molecule has 0 saturated heterocycles. The van der Waals surface area contributed by atoms with Gasteiger partial charge in [-0.3, -0.25) is 14.5 Å². The standard InChI is InChI=1S/C26H17N3O4/c30-23(20-14-16-10-4-7-13-19(16)33-20)21-22(15-8-2-1-3-9-15)29(25(32)24(21)31)26-27-17-11-5-6-12-18(17)28-26/h1-14,22,31H,(H,27,28). The number of nitrogens with zero attached hydrogens (tertiary/aromatic N) is 2. The van der Waals surface area contributed by atoms with Gasteiger partial charge < -0.3 is 14.5 Å².